The molecule has 0 radical (unpaired) electrons. The molecule has 0 atom stereocenters. The minimum Gasteiger partial charge on any atom is -0.370 e. The average Bonchev–Trinajstić information content (AvgIpc) is 2.43. The fourth-order valence-corrected chi connectivity index (χ4v) is 3.63. The summed E-state index contributed by atoms with van der Waals surface area (Å²) >= 11 is 0. The molecule has 0 unspecified atom stereocenters. The van der Waals surface area contributed by atoms with Gasteiger partial charge >= 0.3 is 0 Å². The third kappa shape index (κ3) is 7.00. The molecular weight excluding hydrogens is 312 g/mol. The monoisotopic (exact) mass is 340 g/mol. The Morgan fingerprint density at radius 3 is 2.52 bits per heavy atom. The van der Waals surface area contributed by atoms with Gasteiger partial charge in [0.05, 0.1) is 11.4 Å². The molecule has 4 N–H and O–H groups in total. The molecule has 0 bridgehead atoms. The number of guanidine groups is 1. The number of benzene rings is 1. The first-order chi connectivity index (χ1) is 10.7. The Morgan fingerprint density at radius 2 is 1.91 bits per heavy atom. The molecule has 0 saturated carbocycles. The van der Waals surface area contributed by atoms with E-state index in [9.17, 15) is 8.42 Å². The van der Waals surface area contributed by atoms with Crippen LogP contribution in [0.4, 0.5) is 0 Å². The summed E-state index contributed by atoms with van der Waals surface area (Å²) < 4.78 is 27.7. The Kier molecular flexibility index (Phi) is 7.02. The van der Waals surface area contributed by atoms with Gasteiger partial charge in [0.2, 0.25) is 10.0 Å². The Labute approximate surface area is 139 Å². The van der Waals surface area contributed by atoms with E-state index >= 15 is 0 Å². The van der Waals surface area contributed by atoms with Crippen molar-refractivity contribution in [1.82, 2.24) is 10.0 Å². The second-order valence-corrected chi connectivity index (χ2v) is 8.10. The zero-order chi connectivity index (χ0) is 17.5. The van der Waals surface area contributed by atoms with Gasteiger partial charge in [0, 0.05) is 12.1 Å². The van der Waals surface area contributed by atoms with E-state index in [1.54, 1.807) is 45.0 Å². The van der Waals surface area contributed by atoms with Crippen LogP contribution in [-0.4, -0.2) is 26.5 Å². The van der Waals surface area contributed by atoms with Gasteiger partial charge in [0.25, 0.3) is 0 Å². The molecular formula is C16H28N4O2S. The number of hydrogen-bond donors (Lipinski definition) is 3. The van der Waals surface area contributed by atoms with Crippen LogP contribution in [0.25, 0.3) is 0 Å². The van der Waals surface area contributed by atoms with E-state index in [1.807, 2.05) is 0 Å². The van der Waals surface area contributed by atoms with Crippen LogP contribution < -0.4 is 15.8 Å². The van der Waals surface area contributed by atoms with E-state index < -0.39 is 15.6 Å². The molecule has 0 saturated heterocycles. The van der Waals surface area contributed by atoms with Crippen molar-refractivity contribution in [1.29, 1.82) is 0 Å². The second kappa shape index (κ2) is 8.31. The third-order valence-electron chi connectivity index (χ3n) is 2.96. The van der Waals surface area contributed by atoms with Gasteiger partial charge in [-0.3, -0.25) is 0 Å². The zero-order valence-corrected chi connectivity index (χ0v) is 15.2. The van der Waals surface area contributed by atoms with Crippen LogP contribution in [0.2, 0.25) is 0 Å². The first-order valence-electron chi connectivity index (χ1n) is 7.81. The molecule has 1 aromatic rings. The molecule has 7 heteroatoms. The number of aliphatic imine (C=N–C) groups is 1. The molecule has 0 fully saturated rings. The van der Waals surface area contributed by atoms with E-state index in [0.29, 0.717) is 11.5 Å². The molecule has 0 aromatic heterocycles. The first-order valence-corrected chi connectivity index (χ1v) is 9.29. The van der Waals surface area contributed by atoms with E-state index in [-0.39, 0.29) is 11.4 Å². The largest absolute Gasteiger partial charge is 0.370 e. The fourth-order valence-electron chi connectivity index (χ4n) is 1.97. The molecule has 130 valence electrons. The maximum absolute atomic E-state index is 12.5. The van der Waals surface area contributed by atoms with Gasteiger partial charge in [-0.25, -0.2) is 18.1 Å². The molecule has 1 aromatic carbocycles. The molecule has 6 nitrogen and oxygen atoms in total. The van der Waals surface area contributed by atoms with Crippen LogP contribution in [0.5, 0.6) is 0 Å². The Hall–Kier alpha value is -1.60. The molecule has 0 heterocycles. The predicted molar refractivity (Wildman–Crippen MR) is 94.8 cm³/mol. The van der Waals surface area contributed by atoms with Crippen molar-refractivity contribution in [2.75, 3.05) is 6.54 Å². The van der Waals surface area contributed by atoms with Gasteiger partial charge in [0.1, 0.15) is 0 Å². The van der Waals surface area contributed by atoms with Crippen LogP contribution in [-0.2, 0) is 16.6 Å². The highest BCUT2D eigenvalue weighted by atomic mass is 32.2. The van der Waals surface area contributed by atoms with Gasteiger partial charge in [0.15, 0.2) is 5.96 Å². The van der Waals surface area contributed by atoms with Gasteiger partial charge in [-0.05, 0) is 38.8 Å². The minimum absolute atomic E-state index is 0.214. The van der Waals surface area contributed by atoms with Crippen molar-refractivity contribution in [3.63, 3.8) is 0 Å². The lowest BCUT2D eigenvalue weighted by atomic mass is 10.1. The van der Waals surface area contributed by atoms with Crippen molar-refractivity contribution < 1.29 is 8.42 Å². The summed E-state index contributed by atoms with van der Waals surface area (Å²) in [5.74, 6) is 0.328. The first kappa shape index (κ1) is 19.4. The lowest BCUT2D eigenvalue weighted by Gasteiger charge is -2.21. The summed E-state index contributed by atoms with van der Waals surface area (Å²) in [6.45, 7) is 8.49. The van der Waals surface area contributed by atoms with Gasteiger partial charge in [-0.15, -0.1) is 0 Å². The molecule has 0 aliphatic rings. The highest BCUT2D eigenvalue weighted by molar-refractivity contribution is 7.89. The van der Waals surface area contributed by atoms with E-state index in [4.69, 9.17) is 5.73 Å². The number of hydrogen-bond acceptors (Lipinski definition) is 3. The van der Waals surface area contributed by atoms with E-state index in [1.165, 1.54) is 0 Å². The topological polar surface area (TPSA) is 96.6 Å². The second-order valence-electron chi connectivity index (χ2n) is 6.45. The maximum Gasteiger partial charge on any atom is 0.241 e. The molecule has 0 aliphatic carbocycles. The normalized spacial score (nSPS) is 13.1. The zero-order valence-electron chi connectivity index (χ0n) is 14.4. The van der Waals surface area contributed by atoms with Crippen molar-refractivity contribution in [3.05, 3.63) is 29.8 Å². The number of sulfonamides is 1. The third-order valence-corrected chi connectivity index (χ3v) is 4.82. The summed E-state index contributed by atoms with van der Waals surface area (Å²) in [4.78, 5) is 4.46. The SMILES string of the molecule is CCCCNC(N)=NCc1ccccc1S(=O)(=O)NC(C)(C)C. The number of unbranched alkanes of at least 4 members (excludes halogenated alkanes) is 1. The Bertz CT molecular complexity index is 634. The predicted octanol–water partition coefficient (Wildman–Crippen LogP) is 1.97. The van der Waals surface area contributed by atoms with E-state index in [0.717, 1.165) is 19.4 Å². The molecule has 0 spiro atoms. The van der Waals surface area contributed by atoms with Crippen molar-refractivity contribution in [2.45, 2.75) is 57.5 Å². The number of nitrogens with one attached hydrogen (secondary N) is 2. The molecule has 0 amide bonds. The summed E-state index contributed by atoms with van der Waals surface area (Å²) in [5.41, 5.74) is 5.87. The van der Waals surface area contributed by atoms with Crippen LogP contribution in [0.3, 0.4) is 0 Å². The summed E-state index contributed by atoms with van der Waals surface area (Å²) in [7, 11) is -3.60. The van der Waals surface area contributed by atoms with Crippen LogP contribution >= 0.6 is 0 Å². The minimum atomic E-state index is -3.60. The number of rotatable bonds is 7. The molecule has 23 heavy (non-hydrogen) atoms. The number of nitrogens with two attached hydrogens (primary N) is 1. The molecule has 0 aliphatic heterocycles. The van der Waals surface area contributed by atoms with Crippen LogP contribution in [0, 0.1) is 0 Å². The van der Waals surface area contributed by atoms with Gasteiger partial charge in [-0.1, -0.05) is 31.5 Å². The van der Waals surface area contributed by atoms with Gasteiger partial charge < -0.3 is 11.1 Å². The lowest BCUT2D eigenvalue weighted by molar-refractivity contribution is 0.491. The fraction of sp³-hybridized carbons (Fsp3) is 0.562. The van der Waals surface area contributed by atoms with Crippen molar-refractivity contribution >= 4 is 16.0 Å². The summed E-state index contributed by atoms with van der Waals surface area (Å²) in [6, 6.07) is 6.83. The smallest absolute Gasteiger partial charge is 0.241 e. The molecule has 1 rings (SSSR count). The highest BCUT2D eigenvalue weighted by Gasteiger charge is 2.24. The van der Waals surface area contributed by atoms with Crippen molar-refractivity contribution in [2.24, 2.45) is 10.7 Å². The summed E-state index contributed by atoms with van der Waals surface area (Å²) in [6.07, 6.45) is 2.08. The highest BCUT2D eigenvalue weighted by Crippen LogP contribution is 2.18. The number of nitrogens with zero attached hydrogens (tertiary/aromatic N) is 1. The summed E-state index contributed by atoms with van der Waals surface area (Å²) in [5, 5.41) is 3.01. The quantitative estimate of drug-likeness (QED) is 0.402. The lowest BCUT2D eigenvalue weighted by Crippen LogP contribution is -2.40. The van der Waals surface area contributed by atoms with Crippen LogP contribution in [0.1, 0.15) is 46.1 Å². The van der Waals surface area contributed by atoms with Gasteiger partial charge in [-0.2, -0.15) is 0 Å². The maximum atomic E-state index is 12.5. The standard InChI is InChI=1S/C16H28N4O2S/c1-5-6-11-18-15(17)19-12-13-9-7-8-10-14(13)23(21,22)20-16(2,3)4/h7-10,20H,5-6,11-12H2,1-4H3,(H3,17,18,19). The van der Waals surface area contributed by atoms with Crippen LogP contribution in [0.15, 0.2) is 34.2 Å². The average molecular weight is 340 g/mol. The van der Waals surface area contributed by atoms with E-state index in [2.05, 4.69) is 22.0 Å². The Morgan fingerprint density at radius 1 is 1.26 bits per heavy atom. The Balaban J connectivity index is 2.92. The van der Waals surface area contributed by atoms with Crippen molar-refractivity contribution in [3.8, 4) is 0 Å².